The Morgan fingerprint density at radius 2 is 1.89 bits per heavy atom. The highest BCUT2D eigenvalue weighted by Gasteiger charge is 2.20. The number of carbonyl (C=O) groups excluding carboxylic acids is 1. The summed E-state index contributed by atoms with van der Waals surface area (Å²) in [6, 6.07) is 7.86. The molecule has 0 fully saturated rings. The highest BCUT2D eigenvalue weighted by Crippen LogP contribution is 2.18. The first-order valence-corrected chi connectivity index (χ1v) is 6.90. The Labute approximate surface area is 117 Å². The maximum atomic E-state index is 12.1. The molecule has 1 aromatic carbocycles. The molecule has 3 nitrogen and oxygen atoms in total. The van der Waals surface area contributed by atoms with Gasteiger partial charge in [-0.1, -0.05) is 22.0 Å². The van der Waals surface area contributed by atoms with Crippen molar-refractivity contribution < 1.29 is 9.53 Å². The van der Waals surface area contributed by atoms with Gasteiger partial charge >= 0.3 is 0 Å². The quantitative estimate of drug-likeness (QED) is 0.833. The molecule has 0 saturated heterocycles. The molecule has 0 aliphatic heterocycles. The number of rotatable bonds is 5. The Balaban J connectivity index is 2.60. The molecule has 100 valence electrons. The number of nitrogens with zero attached hydrogens (tertiary/aromatic N) is 1. The predicted molar refractivity (Wildman–Crippen MR) is 76.8 cm³/mol. The van der Waals surface area contributed by atoms with E-state index in [1.165, 1.54) is 0 Å². The summed E-state index contributed by atoms with van der Waals surface area (Å²) in [6.07, 6.45) is 0. The van der Waals surface area contributed by atoms with E-state index in [4.69, 9.17) is 4.74 Å². The molecule has 0 aliphatic carbocycles. The lowest BCUT2D eigenvalue weighted by Gasteiger charge is -2.30. The van der Waals surface area contributed by atoms with Gasteiger partial charge in [-0.2, -0.15) is 0 Å². The molecule has 1 aromatic rings. The molecule has 0 radical (unpaired) electrons. The Morgan fingerprint density at radius 1 is 1.28 bits per heavy atom. The summed E-state index contributed by atoms with van der Waals surface area (Å²) in [6.45, 7) is 8.12. The van der Waals surface area contributed by atoms with E-state index in [-0.39, 0.29) is 24.6 Å². The van der Waals surface area contributed by atoms with Crippen molar-refractivity contribution in [1.29, 1.82) is 0 Å². The van der Waals surface area contributed by atoms with Gasteiger partial charge in [0.1, 0.15) is 5.75 Å². The molecule has 0 heterocycles. The van der Waals surface area contributed by atoms with Gasteiger partial charge in [0.2, 0.25) is 0 Å². The molecule has 0 N–H and O–H groups in total. The van der Waals surface area contributed by atoms with Gasteiger partial charge in [0.15, 0.2) is 6.61 Å². The molecular weight excluding hydrogens is 294 g/mol. The predicted octanol–water partition coefficient (Wildman–Crippen LogP) is 3.47. The van der Waals surface area contributed by atoms with Gasteiger partial charge < -0.3 is 9.64 Å². The van der Waals surface area contributed by atoms with Gasteiger partial charge in [-0.25, -0.2) is 0 Å². The van der Waals surface area contributed by atoms with E-state index in [0.29, 0.717) is 5.75 Å². The minimum atomic E-state index is 0.0139. The summed E-state index contributed by atoms with van der Waals surface area (Å²) < 4.78 is 6.45. The lowest BCUT2D eigenvalue weighted by Crippen LogP contribution is -2.44. The van der Waals surface area contributed by atoms with E-state index in [2.05, 4.69) is 15.9 Å². The SMILES string of the molecule is CC(C)N(C(=O)COc1cccc(Br)c1)C(C)C. The second-order valence-corrected chi connectivity index (χ2v) is 5.65. The maximum absolute atomic E-state index is 12.1. The number of halogens is 1. The number of carbonyl (C=O) groups is 1. The van der Waals surface area contributed by atoms with Gasteiger partial charge in [-0.3, -0.25) is 4.79 Å². The topological polar surface area (TPSA) is 29.5 Å². The van der Waals surface area contributed by atoms with Crippen molar-refractivity contribution in [2.45, 2.75) is 39.8 Å². The molecule has 0 unspecified atom stereocenters. The molecule has 0 atom stereocenters. The summed E-state index contributed by atoms with van der Waals surface area (Å²) in [7, 11) is 0. The van der Waals surface area contributed by atoms with Gasteiger partial charge in [0.05, 0.1) is 0 Å². The van der Waals surface area contributed by atoms with Crippen LogP contribution in [0.3, 0.4) is 0 Å². The third-order valence-corrected chi connectivity index (χ3v) is 3.05. The summed E-state index contributed by atoms with van der Waals surface area (Å²) in [4.78, 5) is 13.9. The Kier molecular flexibility index (Phi) is 5.66. The molecule has 18 heavy (non-hydrogen) atoms. The third-order valence-electron chi connectivity index (χ3n) is 2.56. The standard InChI is InChI=1S/C14H20BrNO2/c1-10(2)16(11(3)4)14(17)9-18-13-7-5-6-12(15)8-13/h5-8,10-11H,9H2,1-4H3. The van der Waals surface area contributed by atoms with E-state index in [1.807, 2.05) is 56.9 Å². The first-order chi connectivity index (χ1) is 8.41. The van der Waals surface area contributed by atoms with Crippen LogP contribution in [-0.4, -0.2) is 29.5 Å². The second-order valence-electron chi connectivity index (χ2n) is 4.73. The fourth-order valence-corrected chi connectivity index (χ4v) is 2.33. The van der Waals surface area contributed by atoms with E-state index in [0.717, 1.165) is 4.47 Å². The molecule has 4 heteroatoms. The highest BCUT2D eigenvalue weighted by molar-refractivity contribution is 9.10. The van der Waals surface area contributed by atoms with Crippen LogP contribution in [0.15, 0.2) is 28.7 Å². The normalized spacial score (nSPS) is 10.8. The third kappa shape index (κ3) is 4.33. The largest absolute Gasteiger partial charge is 0.484 e. The van der Waals surface area contributed by atoms with Crippen LogP contribution < -0.4 is 4.74 Å². The zero-order valence-corrected chi connectivity index (χ0v) is 12.9. The van der Waals surface area contributed by atoms with E-state index >= 15 is 0 Å². The van der Waals surface area contributed by atoms with Crippen molar-refractivity contribution in [3.8, 4) is 5.75 Å². The molecule has 0 spiro atoms. The highest BCUT2D eigenvalue weighted by atomic mass is 79.9. The number of hydrogen-bond acceptors (Lipinski definition) is 2. The lowest BCUT2D eigenvalue weighted by molar-refractivity contribution is -0.136. The van der Waals surface area contributed by atoms with Crippen LogP contribution in [0.5, 0.6) is 5.75 Å². The smallest absolute Gasteiger partial charge is 0.260 e. The first-order valence-electron chi connectivity index (χ1n) is 6.11. The van der Waals surface area contributed by atoms with Gasteiger partial charge in [-0.05, 0) is 45.9 Å². The van der Waals surface area contributed by atoms with Crippen molar-refractivity contribution in [1.82, 2.24) is 4.90 Å². The van der Waals surface area contributed by atoms with Crippen LogP contribution in [0.2, 0.25) is 0 Å². The Hall–Kier alpha value is -1.03. The minimum Gasteiger partial charge on any atom is -0.484 e. The van der Waals surface area contributed by atoms with Crippen molar-refractivity contribution in [3.63, 3.8) is 0 Å². The van der Waals surface area contributed by atoms with Gasteiger partial charge in [0.25, 0.3) is 5.91 Å². The van der Waals surface area contributed by atoms with E-state index < -0.39 is 0 Å². The molecule has 0 bridgehead atoms. The Morgan fingerprint density at radius 3 is 2.39 bits per heavy atom. The molecular formula is C14H20BrNO2. The first kappa shape index (κ1) is 15.0. The number of ether oxygens (including phenoxy) is 1. The zero-order chi connectivity index (χ0) is 13.7. The van der Waals surface area contributed by atoms with E-state index in [9.17, 15) is 4.79 Å². The Bertz CT molecular complexity index is 397. The lowest BCUT2D eigenvalue weighted by atomic mass is 10.2. The number of amides is 1. The van der Waals surface area contributed by atoms with Gasteiger partial charge in [0, 0.05) is 16.6 Å². The molecule has 0 aliphatic rings. The maximum Gasteiger partial charge on any atom is 0.260 e. The number of hydrogen-bond donors (Lipinski definition) is 0. The fraction of sp³-hybridized carbons (Fsp3) is 0.500. The minimum absolute atomic E-state index is 0.0139. The van der Waals surface area contributed by atoms with Crippen molar-refractivity contribution in [2.75, 3.05) is 6.61 Å². The summed E-state index contributed by atoms with van der Waals surface area (Å²) >= 11 is 3.37. The van der Waals surface area contributed by atoms with Crippen molar-refractivity contribution >= 4 is 21.8 Å². The fourth-order valence-electron chi connectivity index (χ4n) is 1.95. The average Bonchev–Trinajstić information content (AvgIpc) is 2.25. The molecule has 0 saturated carbocycles. The summed E-state index contributed by atoms with van der Waals surface area (Å²) in [5, 5.41) is 0. The second kappa shape index (κ2) is 6.78. The summed E-state index contributed by atoms with van der Waals surface area (Å²) in [5.41, 5.74) is 0. The van der Waals surface area contributed by atoms with Crippen LogP contribution in [-0.2, 0) is 4.79 Å². The van der Waals surface area contributed by atoms with Crippen LogP contribution >= 0.6 is 15.9 Å². The van der Waals surface area contributed by atoms with Crippen LogP contribution in [0.25, 0.3) is 0 Å². The average molecular weight is 314 g/mol. The van der Waals surface area contributed by atoms with Gasteiger partial charge in [-0.15, -0.1) is 0 Å². The van der Waals surface area contributed by atoms with Crippen LogP contribution in [0.1, 0.15) is 27.7 Å². The molecule has 0 aromatic heterocycles. The molecule has 1 rings (SSSR count). The van der Waals surface area contributed by atoms with E-state index in [1.54, 1.807) is 0 Å². The monoisotopic (exact) mass is 313 g/mol. The summed E-state index contributed by atoms with van der Waals surface area (Å²) in [5.74, 6) is 0.713. The van der Waals surface area contributed by atoms with Crippen molar-refractivity contribution in [2.24, 2.45) is 0 Å². The zero-order valence-electron chi connectivity index (χ0n) is 11.3. The van der Waals surface area contributed by atoms with Crippen LogP contribution in [0, 0.1) is 0 Å². The van der Waals surface area contributed by atoms with Crippen molar-refractivity contribution in [3.05, 3.63) is 28.7 Å². The molecule has 1 amide bonds. The number of benzene rings is 1. The van der Waals surface area contributed by atoms with Crippen LogP contribution in [0.4, 0.5) is 0 Å².